The fourth-order valence-corrected chi connectivity index (χ4v) is 3.13. The maximum absolute atomic E-state index is 11.9. The van der Waals surface area contributed by atoms with Crippen LogP contribution in [0, 0.1) is 0 Å². The van der Waals surface area contributed by atoms with Crippen LogP contribution in [0.2, 0.25) is 0 Å². The number of nitrogens with one attached hydrogen (secondary N) is 2. The number of hydrogen-bond donors (Lipinski definition) is 2. The molecule has 1 amide bonds. The van der Waals surface area contributed by atoms with Crippen LogP contribution in [0.3, 0.4) is 0 Å². The summed E-state index contributed by atoms with van der Waals surface area (Å²) in [7, 11) is 3.49. The van der Waals surface area contributed by atoms with Crippen molar-refractivity contribution in [1.82, 2.24) is 20.4 Å². The van der Waals surface area contributed by atoms with E-state index in [2.05, 4.69) is 34.4 Å². The molecule has 160 valence electrons. The second kappa shape index (κ2) is 12.3. The molecule has 0 bridgehead atoms. The Morgan fingerprint density at radius 2 is 1.96 bits per heavy atom. The number of amides is 1. The van der Waals surface area contributed by atoms with Gasteiger partial charge in [-0.25, -0.2) is 4.99 Å². The molecule has 1 aromatic rings. The molecule has 1 saturated heterocycles. The lowest BCUT2D eigenvalue weighted by Gasteiger charge is -2.41. The van der Waals surface area contributed by atoms with E-state index in [1.54, 1.807) is 25.3 Å². The van der Waals surface area contributed by atoms with Gasteiger partial charge in [0, 0.05) is 39.1 Å². The van der Waals surface area contributed by atoms with Crippen LogP contribution in [0.15, 0.2) is 27.8 Å². The lowest BCUT2D eigenvalue weighted by Crippen LogP contribution is -2.55. The van der Waals surface area contributed by atoms with Crippen molar-refractivity contribution in [3.8, 4) is 0 Å². The molecular weight excluding hydrogens is 469 g/mol. The monoisotopic (exact) mass is 505 g/mol. The number of carbonyl (C=O) groups excluding carboxylic acids is 1. The molecule has 1 aliphatic heterocycles. The van der Waals surface area contributed by atoms with Gasteiger partial charge in [-0.1, -0.05) is 6.42 Å². The van der Waals surface area contributed by atoms with Crippen LogP contribution < -0.4 is 10.6 Å². The van der Waals surface area contributed by atoms with Crippen LogP contribution >= 0.6 is 24.0 Å². The lowest BCUT2D eigenvalue weighted by atomic mass is 9.98. The van der Waals surface area contributed by atoms with E-state index in [0.29, 0.717) is 12.5 Å². The highest BCUT2D eigenvalue weighted by Gasteiger charge is 2.27. The summed E-state index contributed by atoms with van der Waals surface area (Å²) in [4.78, 5) is 20.5. The van der Waals surface area contributed by atoms with Crippen molar-refractivity contribution in [2.45, 2.75) is 45.1 Å². The summed E-state index contributed by atoms with van der Waals surface area (Å²) >= 11 is 0. The minimum Gasteiger partial charge on any atom is -0.469 e. The van der Waals surface area contributed by atoms with Gasteiger partial charge in [-0.15, -0.1) is 24.0 Å². The van der Waals surface area contributed by atoms with E-state index in [1.165, 1.54) is 19.3 Å². The number of likely N-dealkylation sites (tertiary alicyclic amines) is 1. The highest BCUT2D eigenvalue weighted by molar-refractivity contribution is 14.0. The van der Waals surface area contributed by atoms with Gasteiger partial charge in [0.25, 0.3) is 0 Å². The fraction of sp³-hybridized carbons (Fsp3) is 0.700. The number of nitrogens with zero attached hydrogens (tertiary/aromatic N) is 3. The quantitative estimate of drug-likeness (QED) is 0.323. The molecule has 1 aliphatic rings. The number of guanidine groups is 1. The number of piperidine rings is 1. The largest absolute Gasteiger partial charge is 0.469 e. The Bertz CT molecular complexity index is 596. The number of likely N-dealkylation sites (N-methyl/N-ethyl adjacent to an activating group) is 1. The fourth-order valence-electron chi connectivity index (χ4n) is 3.13. The summed E-state index contributed by atoms with van der Waals surface area (Å²) in [5.74, 6) is 1.58. The zero-order chi connectivity index (χ0) is 19.7. The Kier molecular flexibility index (Phi) is 10.9. The number of rotatable bonds is 8. The molecule has 1 fully saturated rings. The van der Waals surface area contributed by atoms with Gasteiger partial charge >= 0.3 is 0 Å². The maximum Gasteiger partial charge on any atom is 0.243 e. The summed E-state index contributed by atoms with van der Waals surface area (Å²) in [5.41, 5.74) is 0.0371. The average molecular weight is 505 g/mol. The number of halogens is 1. The summed E-state index contributed by atoms with van der Waals surface area (Å²) in [6.45, 7) is 8.41. The van der Waals surface area contributed by atoms with Gasteiger partial charge in [0.1, 0.15) is 12.3 Å². The first-order valence-corrected chi connectivity index (χ1v) is 9.88. The topological polar surface area (TPSA) is 73.1 Å². The second-order valence-electron chi connectivity index (χ2n) is 7.92. The third kappa shape index (κ3) is 8.38. The van der Waals surface area contributed by atoms with Crippen molar-refractivity contribution in [1.29, 1.82) is 0 Å². The highest BCUT2D eigenvalue weighted by Crippen LogP contribution is 2.19. The van der Waals surface area contributed by atoms with E-state index in [4.69, 9.17) is 4.42 Å². The predicted octanol–water partition coefficient (Wildman–Crippen LogP) is 2.33. The Labute approximate surface area is 186 Å². The van der Waals surface area contributed by atoms with Crippen molar-refractivity contribution in [3.05, 3.63) is 24.2 Å². The first kappa shape index (κ1) is 24.7. The Morgan fingerprint density at radius 1 is 1.25 bits per heavy atom. The predicted molar refractivity (Wildman–Crippen MR) is 124 cm³/mol. The summed E-state index contributed by atoms with van der Waals surface area (Å²) in [5, 5.41) is 6.75. The van der Waals surface area contributed by atoms with Gasteiger partial charge in [0.15, 0.2) is 5.96 Å². The van der Waals surface area contributed by atoms with Crippen LogP contribution in [0.25, 0.3) is 0 Å². The van der Waals surface area contributed by atoms with Crippen molar-refractivity contribution < 1.29 is 9.21 Å². The van der Waals surface area contributed by atoms with Crippen molar-refractivity contribution in [2.75, 3.05) is 46.8 Å². The summed E-state index contributed by atoms with van der Waals surface area (Å²) < 4.78 is 5.37. The molecule has 28 heavy (non-hydrogen) atoms. The van der Waals surface area contributed by atoms with E-state index in [9.17, 15) is 4.79 Å². The van der Waals surface area contributed by atoms with Crippen molar-refractivity contribution in [3.63, 3.8) is 0 Å². The Morgan fingerprint density at radius 3 is 2.57 bits per heavy atom. The average Bonchev–Trinajstić information content (AvgIpc) is 3.17. The van der Waals surface area contributed by atoms with Gasteiger partial charge < -0.3 is 20.0 Å². The summed E-state index contributed by atoms with van der Waals surface area (Å²) in [6.07, 6.45) is 6.31. The van der Waals surface area contributed by atoms with E-state index < -0.39 is 0 Å². The molecule has 0 aliphatic carbocycles. The standard InChI is InChI=1S/C20H35N5O2.HI/c1-20(2,25-12-6-5-7-13-25)16-23-19(22-15-18(26)24(3)4)21-11-10-17-9-8-14-27-17;/h8-9,14H,5-7,10-13,15-16H2,1-4H3,(H2,21,22,23);1H. The molecule has 0 spiro atoms. The second-order valence-corrected chi connectivity index (χ2v) is 7.92. The molecule has 0 saturated carbocycles. The van der Waals surface area contributed by atoms with Crippen LogP contribution in [-0.4, -0.2) is 74.0 Å². The van der Waals surface area contributed by atoms with E-state index in [-0.39, 0.29) is 42.0 Å². The van der Waals surface area contributed by atoms with Crippen LogP contribution in [-0.2, 0) is 11.2 Å². The minimum absolute atomic E-state index is 0. The van der Waals surface area contributed by atoms with Gasteiger partial charge in [0.05, 0.1) is 6.26 Å². The van der Waals surface area contributed by atoms with Crippen LogP contribution in [0.5, 0.6) is 0 Å². The highest BCUT2D eigenvalue weighted by atomic mass is 127. The zero-order valence-electron chi connectivity index (χ0n) is 17.7. The molecule has 0 unspecified atom stereocenters. The molecular formula is C20H36IN5O2. The number of aliphatic imine (C=N–C) groups is 1. The minimum atomic E-state index is -0.0163. The maximum atomic E-state index is 11.9. The van der Waals surface area contributed by atoms with Gasteiger partial charge in [0.2, 0.25) is 5.91 Å². The molecule has 0 radical (unpaired) electrons. The van der Waals surface area contributed by atoms with E-state index in [1.807, 2.05) is 12.1 Å². The van der Waals surface area contributed by atoms with Crippen molar-refractivity contribution >= 4 is 35.8 Å². The molecule has 2 N–H and O–H groups in total. The SMILES string of the molecule is CN(C)C(=O)CN=C(NCCc1ccco1)NCC(C)(C)N1CCCCC1.I. The smallest absolute Gasteiger partial charge is 0.243 e. The van der Waals surface area contributed by atoms with Gasteiger partial charge in [-0.3, -0.25) is 9.69 Å². The number of furan rings is 1. The molecule has 7 nitrogen and oxygen atoms in total. The zero-order valence-corrected chi connectivity index (χ0v) is 20.0. The van der Waals surface area contributed by atoms with Gasteiger partial charge in [-0.05, 0) is 51.9 Å². The first-order valence-electron chi connectivity index (χ1n) is 9.88. The Balaban J connectivity index is 0.00000392. The first-order chi connectivity index (χ1) is 12.9. The van der Waals surface area contributed by atoms with Crippen molar-refractivity contribution in [2.24, 2.45) is 4.99 Å². The van der Waals surface area contributed by atoms with Crippen LogP contribution in [0.1, 0.15) is 38.9 Å². The summed E-state index contributed by atoms with van der Waals surface area (Å²) in [6, 6.07) is 3.85. The normalized spacial score (nSPS) is 15.6. The van der Waals surface area contributed by atoms with Gasteiger partial charge in [-0.2, -0.15) is 0 Å². The Hall–Kier alpha value is -1.29. The number of carbonyl (C=O) groups is 1. The molecule has 0 atom stereocenters. The molecule has 2 rings (SSSR count). The number of hydrogen-bond acceptors (Lipinski definition) is 4. The third-order valence-electron chi connectivity index (χ3n) is 5.02. The van der Waals surface area contributed by atoms with E-state index in [0.717, 1.165) is 31.8 Å². The lowest BCUT2D eigenvalue weighted by molar-refractivity contribution is -0.127. The molecule has 8 heteroatoms. The van der Waals surface area contributed by atoms with Crippen LogP contribution in [0.4, 0.5) is 0 Å². The molecule has 1 aromatic heterocycles. The molecule has 0 aromatic carbocycles. The van der Waals surface area contributed by atoms with E-state index >= 15 is 0 Å². The molecule has 2 heterocycles. The third-order valence-corrected chi connectivity index (χ3v) is 5.02.